The number of nitro benzene ring substituents is 1. The van der Waals surface area contributed by atoms with E-state index < -0.39 is 4.92 Å². The van der Waals surface area contributed by atoms with Crippen LogP contribution in [0.15, 0.2) is 18.2 Å². The summed E-state index contributed by atoms with van der Waals surface area (Å²) in [6.45, 7) is 6.59. The average molecular weight is 252 g/mol. The number of hydrogen-bond acceptors (Lipinski definition) is 4. The van der Waals surface area contributed by atoms with Crippen molar-refractivity contribution in [1.29, 1.82) is 0 Å². The highest BCUT2D eigenvalue weighted by Gasteiger charge is 2.15. The monoisotopic (exact) mass is 252 g/mol. The van der Waals surface area contributed by atoms with E-state index in [-0.39, 0.29) is 5.69 Å². The maximum absolute atomic E-state index is 10.9. The molecule has 100 valence electrons. The minimum atomic E-state index is -0.419. The number of anilines is 1. The Labute approximate surface area is 107 Å². The van der Waals surface area contributed by atoms with Gasteiger partial charge in [0, 0.05) is 23.9 Å². The molecule has 1 N–H and O–H groups in total. The molecule has 0 fully saturated rings. The quantitative estimate of drug-likeness (QED) is 0.595. The fourth-order valence-electron chi connectivity index (χ4n) is 1.47. The van der Waals surface area contributed by atoms with Gasteiger partial charge < -0.3 is 10.1 Å². The summed E-state index contributed by atoms with van der Waals surface area (Å²) < 4.78 is 5.42. The summed E-state index contributed by atoms with van der Waals surface area (Å²) in [6, 6.07) is 5.21. The van der Waals surface area contributed by atoms with Crippen molar-refractivity contribution in [2.24, 2.45) is 0 Å². The second-order valence-electron chi connectivity index (χ2n) is 4.24. The second kappa shape index (κ2) is 6.83. The molecule has 0 saturated heterocycles. The number of benzene rings is 1. The zero-order chi connectivity index (χ0) is 13.5. The summed E-state index contributed by atoms with van der Waals surface area (Å²) in [5.74, 6) is 0.329. The van der Waals surface area contributed by atoms with Crippen LogP contribution < -0.4 is 10.1 Å². The molecule has 1 aromatic carbocycles. The van der Waals surface area contributed by atoms with E-state index >= 15 is 0 Å². The zero-order valence-electron chi connectivity index (χ0n) is 11.1. The molecule has 5 nitrogen and oxygen atoms in total. The number of nitrogens with one attached hydrogen (secondary N) is 1. The Kier molecular flexibility index (Phi) is 5.42. The Morgan fingerprint density at radius 2 is 2.17 bits per heavy atom. The van der Waals surface area contributed by atoms with E-state index in [1.165, 1.54) is 6.07 Å². The highest BCUT2D eigenvalue weighted by Crippen LogP contribution is 2.30. The summed E-state index contributed by atoms with van der Waals surface area (Å²) in [5, 5.41) is 14.2. The molecule has 0 heterocycles. The van der Waals surface area contributed by atoms with Gasteiger partial charge in [0.25, 0.3) is 0 Å². The Hall–Kier alpha value is -1.78. The Morgan fingerprint density at radius 1 is 1.44 bits per heavy atom. The lowest BCUT2D eigenvalue weighted by Gasteiger charge is -2.14. The molecule has 5 heteroatoms. The number of nitro groups is 1. The van der Waals surface area contributed by atoms with Crippen LogP contribution in [0.3, 0.4) is 0 Å². The van der Waals surface area contributed by atoms with Gasteiger partial charge in [0.2, 0.25) is 0 Å². The van der Waals surface area contributed by atoms with Gasteiger partial charge in [-0.25, -0.2) is 0 Å². The van der Waals surface area contributed by atoms with Gasteiger partial charge >= 0.3 is 5.69 Å². The van der Waals surface area contributed by atoms with Crippen LogP contribution in [0.2, 0.25) is 0 Å². The molecule has 1 atom stereocenters. The Morgan fingerprint density at radius 3 is 2.72 bits per heavy atom. The van der Waals surface area contributed by atoms with Gasteiger partial charge in [0.05, 0.1) is 11.5 Å². The summed E-state index contributed by atoms with van der Waals surface area (Å²) >= 11 is 0. The number of hydrogen-bond donors (Lipinski definition) is 1. The Balaban J connectivity index is 2.93. The van der Waals surface area contributed by atoms with Gasteiger partial charge in [0.1, 0.15) is 0 Å². The topological polar surface area (TPSA) is 64.4 Å². The first-order valence-corrected chi connectivity index (χ1v) is 6.26. The molecule has 0 saturated carbocycles. The standard InChI is InChI=1S/C13H20N2O3/c1-4-8-18-13-9-11(14-10(3)5-2)6-7-12(13)15(16)17/h6-7,9-10,14H,4-5,8H2,1-3H3. The highest BCUT2D eigenvalue weighted by molar-refractivity contribution is 5.58. The van der Waals surface area contributed by atoms with Gasteiger partial charge in [-0.1, -0.05) is 13.8 Å². The second-order valence-corrected chi connectivity index (χ2v) is 4.24. The van der Waals surface area contributed by atoms with Crippen LogP contribution in [-0.4, -0.2) is 17.6 Å². The molecule has 0 aromatic heterocycles. The summed E-state index contributed by atoms with van der Waals surface area (Å²) in [5.41, 5.74) is 0.860. The molecule has 0 radical (unpaired) electrons. The van der Waals surface area contributed by atoms with Gasteiger partial charge in [0.15, 0.2) is 5.75 Å². The molecule has 0 spiro atoms. The van der Waals surface area contributed by atoms with E-state index in [9.17, 15) is 10.1 Å². The van der Waals surface area contributed by atoms with Crippen LogP contribution >= 0.6 is 0 Å². The number of rotatable bonds is 7. The van der Waals surface area contributed by atoms with Crippen molar-refractivity contribution in [3.63, 3.8) is 0 Å². The van der Waals surface area contributed by atoms with Crippen LogP contribution in [0.5, 0.6) is 5.75 Å². The smallest absolute Gasteiger partial charge is 0.311 e. The lowest BCUT2D eigenvalue weighted by molar-refractivity contribution is -0.385. The van der Waals surface area contributed by atoms with Gasteiger partial charge in [-0.15, -0.1) is 0 Å². The predicted octanol–water partition coefficient (Wildman–Crippen LogP) is 3.59. The molecule has 0 aliphatic heterocycles. The predicted molar refractivity (Wildman–Crippen MR) is 72.3 cm³/mol. The van der Waals surface area contributed by atoms with Crippen LogP contribution in [0.1, 0.15) is 33.6 Å². The van der Waals surface area contributed by atoms with Crippen molar-refractivity contribution in [2.75, 3.05) is 11.9 Å². The highest BCUT2D eigenvalue weighted by atomic mass is 16.6. The molecular formula is C13H20N2O3. The van der Waals surface area contributed by atoms with Crippen molar-refractivity contribution in [3.8, 4) is 5.75 Å². The van der Waals surface area contributed by atoms with Gasteiger partial charge in [-0.05, 0) is 25.8 Å². The Bertz CT molecular complexity index is 407. The third-order valence-corrected chi connectivity index (χ3v) is 2.64. The van der Waals surface area contributed by atoms with Crippen LogP contribution in [0.25, 0.3) is 0 Å². The lowest BCUT2D eigenvalue weighted by atomic mass is 10.2. The first-order valence-electron chi connectivity index (χ1n) is 6.26. The van der Waals surface area contributed by atoms with Crippen LogP contribution in [0.4, 0.5) is 11.4 Å². The minimum absolute atomic E-state index is 0.0122. The van der Waals surface area contributed by atoms with Gasteiger partial charge in [-0.2, -0.15) is 0 Å². The first-order chi connectivity index (χ1) is 8.58. The zero-order valence-corrected chi connectivity index (χ0v) is 11.1. The van der Waals surface area contributed by atoms with Gasteiger partial charge in [-0.3, -0.25) is 10.1 Å². The third-order valence-electron chi connectivity index (χ3n) is 2.64. The molecule has 1 rings (SSSR count). The third kappa shape index (κ3) is 3.91. The fraction of sp³-hybridized carbons (Fsp3) is 0.538. The van der Waals surface area contributed by atoms with Crippen LogP contribution in [0, 0.1) is 10.1 Å². The van der Waals surface area contributed by atoms with E-state index in [0.29, 0.717) is 18.4 Å². The van der Waals surface area contributed by atoms with E-state index in [0.717, 1.165) is 18.5 Å². The number of nitrogens with zero attached hydrogens (tertiary/aromatic N) is 1. The summed E-state index contributed by atoms with van der Waals surface area (Å²) in [6.07, 6.45) is 1.81. The maximum Gasteiger partial charge on any atom is 0.311 e. The molecule has 0 aliphatic carbocycles. The van der Waals surface area contributed by atoms with Crippen molar-refractivity contribution in [3.05, 3.63) is 28.3 Å². The van der Waals surface area contributed by atoms with Crippen LogP contribution in [-0.2, 0) is 0 Å². The fourth-order valence-corrected chi connectivity index (χ4v) is 1.47. The summed E-state index contributed by atoms with van der Waals surface area (Å²) in [4.78, 5) is 10.5. The average Bonchev–Trinajstić information content (AvgIpc) is 2.36. The molecule has 18 heavy (non-hydrogen) atoms. The molecular weight excluding hydrogens is 232 g/mol. The van der Waals surface area contributed by atoms with Crippen molar-refractivity contribution < 1.29 is 9.66 Å². The lowest BCUT2D eigenvalue weighted by Crippen LogP contribution is -2.13. The molecule has 0 amide bonds. The molecule has 1 unspecified atom stereocenters. The van der Waals surface area contributed by atoms with E-state index in [4.69, 9.17) is 4.74 Å². The number of ether oxygens (including phenoxy) is 1. The van der Waals surface area contributed by atoms with E-state index in [1.54, 1.807) is 12.1 Å². The largest absolute Gasteiger partial charge is 0.487 e. The normalized spacial score (nSPS) is 11.9. The maximum atomic E-state index is 10.9. The molecule has 0 bridgehead atoms. The van der Waals surface area contributed by atoms with Crippen molar-refractivity contribution >= 4 is 11.4 Å². The van der Waals surface area contributed by atoms with E-state index in [1.807, 2.05) is 6.92 Å². The summed E-state index contributed by atoms with van der Waals surface area (Å²) in [7, 11) is 0. The van der Waals surface area contributed by atoms with Crippen molar-refractivity contribution in [1.82, 2.24) is 0 Å². The first kappa shape index (κ1) is 14.3. The minimum Gasteiger partial charge on any atom is -0.487 e. The van der Waals surface area contributed by atoms with Crippen molar-refractivity contribution in [2.45, 2.75) is 39.7 Å². The molecule has 0 aliphatic rings. The van der Waals surface area contributed by atoms with E-state index in [2.05, 4.69) is 19.2 Å². The molecule has 1 aromatic rings. The SMILES string of the molecule is CCCOc1cc(NC(C)CC)ccc1[N+](=O)[O-].